The Kier molecular flexibility index (Phi) is 5.41. The monoisotopic (exact) mass is 389 g/mol. The Morgan fingerprint density at radius 1 is 1.32 bits per heavy atom. The van der Waals surface area contributed by atoms with E-state index in [9.17, 15) is 4.79 Å². The number of nitrogens with zero attached hydrogens (tertiary/aromatic N) is 1. The van der Waals surface area contributed by atoms with Gasteiger partial charge in [0.05, 0.1) is 19.8 Å². The molecule has 1 fully saturated rings. The lowest BCUT2D eigenvalue weighted by Crippen LogP contribution is -2.40. The number of piperidine rings is 1. The van der Waals surface area contributed by atoms with E-state index in [0.29, 0.717) is 24.0 Å². The van der Waals surface area contributed by atoms with Crippen LogP contribution in [-0.2, 0) is 0 Å². The van der Waals surface area contributed by atoms with Crippen molar-refractivity contribution in [2.75, 3.05) is 34.4 Å². The number of halogens is 2. The molecule has 2 aliphatic rings. The lowest BCUT2D eigenvalue weighted by atomic mass is 9.71. The van der Waals surface area contributed by atoms with Gasteiger partial charge in [0.1, 0.15) is 16.0 Å². The van der Waals surface area contributed by atoms with Gasteiger partial charge in [-0.15, -0.1) is 12.4 Å². The maximum absolute atomic E-state index is 12.6. The average Bonchev–Trinajstić information content (AvgIpc) is 2.47. The standard InChI is InChI=1S/C16H20BrNO3.ClH/c1-18-5-4-9-6-12(19)14-10(11(9)8-18)7-13(20-2)15(17)16(14)21-3;/h7,9,11H,4-6,8H2,1-3H3;1H/t9-,11+;/m1./s1. The zero-order valence-electron chi connectivity index (χ0n) is 13.0. The number of rotatable bonds is 2. The molecule has 6 heteroatoms. The molecule has 0 saturated carbocycles. The number of likely N-dealkylation sites (tertiary alicyclic amines) is 1. The van der Waals surface area contributed by atoms with E-state index in [1.54, 1.807) is 14.2 Å². The number of ketones is 1. The van der Waals surface area contributed by atoms with Crippen LogP contribution in [-0.4, -0.2) is 45.0 Å². The number of fused-ring (bicyclic) bond motifs is 3. The largest absolute Gasteiger partial charge is 0.495 e. The summed E-state index contributed by atoms with van der Waals surface area (Å²) in [6.07, 6.45) is 1.70. The summed E-state index contributed by atoms with van der Waals surface area (Å²) in [5.74, 6) is 2.36. The summed E-state index contributed by atoms with van der Waals surface area (Å²) < 4.78 is 11.7. The molecule has 1 aliphatic heterocycles. The number of hydrogen-bond donors (Lipinski definition) is 0. The maximum atomic E-state index is 12.6. The molecule has 0 N–H and O–H groups in total. The van der Waals surface area contributed by atoms with Crippen LogP contribution in [0, 0.1) is 5.92 Å². The Labute approximate surface area is 145 Å². The number of carbonyl (C=O) groups is 1. The fraction of sp³-hybridized carbons (Fsp3) is 0.562. The summed E-state index contributed by atoms with van der Waals surface area (Å²) in [6, 6.07) is 2.01. The molecule has 0 unspecified atom stereocenters. The van der Waals surface area contributed by atoms with Gasteiger partial charge in [-0.05, 0) is 53.5 Å². The Morgan fingerprint density at radius 2 is 2.05 bits per heavy atom. The van der Waals surface area contributed by atoms with Gasteiger partial charge in [-0.25, -0.2) is 0 Å². The average molecular weight is 391 g/mol. The highest BCUT2D eigenvalue weighted by molar-refractivity contribution is 9.10. The van der Waals surface area contributed by atoms with Crippen molar-refractivity contribution < 1.29 is 14.3 Å². The summed E-state index contributed by atoms with van der Waals surface area (Å²) >= 11 is 3.50. The summed E-state index contributed by atoms with van der Waals surface area (Å²) in [6.45, 7) is 2.05. The molecule has 1 aromatic carbocycles. The van der Waals surface area contributed by atoms with Crippen molar-refractivity contribution in [3.63, 3.8) is 0 Å². The van der Waals surface area contributed by atoms with Gasteiger partial charge in [0.2, 0.25) is 0 Å². The van der Waals surface area contributed by atoms with Crippen molar-refractivity contribution in [1.82, 2.24) is 4.90 Å². The first-order valence-corrected chi connectivity index (χ1v) is 8.02. The number of carbonyl (C=O) groups excluding carboxylic acids is 1. The molecule has 2 atom stereocenters. The third kappa shape index (κ3) is 2.74. The third-order valence-corrected chi connectivity index (χ3v) is 5.48. The van der Waals surface area contributed by atoms with Gasteiger partial charge >= 0.3 is 0 Å². The van der Waals surface area contributed by atoms with E-state index in [1.807, 2.05) is 6.07 Å². The zero-order valence-corrected chi connectivity index (χ0v) is 15.4. The Hall–Kier alpha value is -0.780. The highest BCUT2D eigenvalue weighted by atomic mass is 79.9. The first kappa shape index (κ1) is 17.6. The lowest BCUT2D eigenvalue weighted by molar-refractivity contribution is 0.0882. The first-order chi connectivity index (χ1) is 10.1. The Bertz CT molecular complexity index is 593. The minimum Gasteiger partial charge on any atom is -0.495 e. The molecule has 1 heterocycles. The predicted molar refractivity (Wildman–Crippen MR) is 91.8 cm³/mol. The number of likely N-dealkylation sites (N-methyl/N-ethyl adjacent to an activating group) is 1. The molecular weight excluding hydrogens is 370 g/mol. The topological polar surface area (TPSA) is 38.8 Å². The predicted octanol–water partition coefficient (Wildman–Crippen LogP) is 3.51. The van der Waals surface area contributed by atoms with Crippen molar-refractivity contribution in [1.29, 1.82) is 0 Å². The molecule has 0 bridgehead atoms. The number of methoxy groups -OCH3 is 2. The minimum absolute atomic E-state index is 0. The molecule has 0 spiro atoms. The van der Waals surface area contributed by atoms with Crippen LogP contribution in [0.5, 0.6) is 11.5 Å². The van der Waals surface area contributed by atoms with E-state index in [2.05, 4.69) is 27.9 Å². The van der Waals surface area contributed by atoms with Crippen LogP contribution in [0.25, 0.3) is 0 Å². The summed E-state index contributed by atoms with van der Waals surface area (Å²) in [5, 5.41) is 0. The molecular formula is C16H21BrClNO3. The fourth-order valence-corrected chi connectivity index (χ4v) is 4.29. The molecule has 4 nitrogen and oxygen atoms in total. The quantitative estimate of drug-likeness (QED) is 0.774. The van der Waals surface area contributed by atoms with Gasteiger partial charge in [0, 0.05) is 18.9 Å². The molecule has 0 amide bonds. The molecule has 1 aliphatic carbocycles. The molecule has 22 heavy (non-hydrogen) atoms. The highest BCUT2D eigenvalue weighted by Crippen LogP contribution is 2.49. The van der Waals surface area contributed by atoms with E-state index in [-0.39, 0.29) is 18.2 Å². The molecule has 3 rings (SSSR count). The van der Waals surface area contributed by atoms with Crippen LogP contribution in [0.3, 0.4) is 0 Å². The normalized spacial score (nSPS) is 24.1. The van der Waals surface area contributed by atoms with Crippen LogP contribution in [0.1, 0.15) is 34.7 Å². The summed E-state index contributed by atoms with van der Waals surface area (Å²) in [4.78, 5) is 14.9. The Morgan fingerprint density at radius 3 is 2.68 bits per heavy atom. The van der Waals surface area contributed by atoms with Crippen LogP contribution < -0.4 is 9.47 Å². The van der Waals surface area contributed by atoms with Gasteiger partial charge in [-0.3, -0.25) is 4.79 Å². The fourth-order valence-electron chi connectivity index (χ4n) is 3.65. The van der Waals surface area contributed by atoms with Crippen molar-refractivity contribution in [3.05, 3.63) is 21.7 Å². The molecule has 0 radical (unpaired) electrons. The van der Waals surface area contributed by atoms with Gasteiger partial charge in [0.15, 0.2) is 5.78 Å². The van der Waals surface area contributed by atoms with Crippen molar-refractivity contribution in [2.45, 2.75) is 18.8 Å². The highest BCUT2D eigenvalue weighted by Gasteiger charge is 2.40. The van der Waals surface area contributed by atoms with E-state index in [0.717, 1.165) is 40.9 Å². The number of ether oxygens (including phenoxy) is 2. The summed E-state index contributed by atoms with van der Waals surface area (Å²) in [5.41, 5.74) is 1.82. The SMILES string of the molecule is COc1cc2c(c(OC)c1Br)C(=O)C[C@H]1CCN(C)C[C@H]21.Cl. The minimum atomic E-state index is 0. The van der Waals surface area contributed by atoms with Crippen LogP contribution >= 0.6 is 28.3 Å². The third-order valence-electron chi connectivity index (χ3n) is 4.73. The van der Waals surface area contributed by atoms with E-state index >= 15 is 0 Å². The van der Waals surface area contributed by atoms with Crippen LogP contribution in [0.15, 0.2) is 10.5 Å². The van der Waals surface area contributed by atoms with Gasteiger partial charge in [0.25, 0.3) is 0 Å². The van der Waals surface area contributed by atoms with Crippen LogP contribution in [0.2, 0.25) is 0 Å². The second-order valence-electron chi connectivity index (χ2n) is 5.94. The molecule has 1 aromatic rings. The van der Waals surface area contributed by atoms with Crippen molar-refractivity contribution in [2.24, 2.45) is 5.92 Å². The number of Topliss-reactive ketones (excluding diaryl/α,β-unsaturated/α-hetero) is 1. The lowest BCUT2D eigenvalue weighted by Gasteiger charge is -2.41. The smallest absolute Gasteiger partial charge is 0.167 e. The molecule has 1 saturated heterocycles. The second kappa shape index (κ2) is 6.77. The molecule has 0 aromatic heterocycles. The van der Waals surface area contributed by atoms with Gasteiger partial charge in [-0.2, -0.15) is 0 Å². The zero-order chi connectivity index (χ0) is 15.1. The van der Waals surface area contributed by atoms with Crippen molar-refractivity contribution in [3.8, 4) is 11.5 Å². The summed E-state index contributed by atoms with van der Waals surface area (Å²) in [7, 11) is 5.38. The van der Waals surface area contributed by atoms with Gasteiger partial charge in [-0.1, -0.05) is 0 Å². The second-order valence-corrected chi connectivity index (χ2v) is 6.73. The number of hydrogen-bond acceptors (Lipinski definition) is 4. The van der Waals surface area contributed by atoms with Crippen molar-refractivity contribution >= 4 is 34.1 Å². The molecule has 122 valence electrons. The van der Waals surface area contributed by atoms with E-state index < -0.39 is 0 Å². The van der Waals surface area contributed by atoms with E-state index in [1.165, 1.54) is 0 Å². The maximum Gasteiger partial charge on any atom is 0.167 e. The first-order valence-electron chi connectivity index (χ1n) is 7.23. The van der Waals surface area contributed by atoms with E-state index in [4.69, 9.17) is 9.47 Å². The van der Waals surface area contributed by atoms with Gasteiger partial charge < -0.3 is 14.4 Å². The Balaban J connectivity index is 0.00000176. The van der Waals surface area contributed by atoms with Crippen LogP contribution in [0.4, 0.5) is 0 Å². The number of benzene rings is 1.